The molecule has 1 aliphatic carbocycles. The van der Waals surface area contributed by atoms with Gasteiger partial charge in [0.2, 0.25) is 0 Å². The maximum absolute atomic E-state index is 11.8. The van der Waals surface area contributed by atoms with Crippen molar-refractivity contribution in [2.45, 2.75) is 104 Å². The predicted octanol–water partition coefficient (Wildman–Crippen LogP) is 5.99. The average Bonchev–Trinajstić information content (AvgIpc) is 3.06. The van der Waals surface area contributed by atoms with E-state index < -0.39 is 0 Å². The summed E-state index contributed by atoms with van der Waals surface area (Å²) in [6.07, 6.45) is 16.8. The maximum Gasteiger partial charge on any atom is 0.305 e. The van der Waals surface area contributed by atoms with Gasteiger partial charge < -0.3 is 4.74 Å². The summed E-state index contributed by atoms with van der Waals surface area (Å²) in [4.78, 5) is 11.8. The zero-order chi connectivity index (χ0) is 19.7. The van der Waals surface area contributed by atoms with Crippen molar-refractivity contribution in [2.24, 2.45) is 17.3 Å². The highest BCUT2D eigenvalue weighted by Crippen LogP contribution is 2.37. The third-order valence-electron chi connectivity index (χ3n) is 7.13. The lowest BCUT2D eigenvalue weighted by Crippen LogP contribution is -2.35. The van der Waals surface area contributed by atoms with Crippen LogP contribution in [0.15, 0.2) is 0 Å². The van der Waals surface area contributed by atoms with E-state index in [-0.39, 0.29) is 5.97 Å². The van der Waals surface area contributed by atoms with Crippen molar-refractivity contribution >= 4 is 11.7 Å². The van der Waals surface area contributed by atoms with E-state index in [1.807, 2.05) is 0 Å². The lowest BCUT2D eigenvalue weighted by Gasteiger charge is -2.27. The zero-order valence-electron chi connectivity index (χ0n) is 18.5. The molecule has 0 spiro atoms. The van der Waals surface area contributed by atoms with Crippen molar-refractivity contribution in [1.29, 1.82) is 0 Å². The molecule has 0 amide bonds. The van der Waals surface area contributed by atoms with Gasteiger partial charge in [0.25, 0.3) is 0 Å². The molecule has 0 aromatic carbocycles. The Morgan fingerprint density at radius 3 is 2.70 bits per heavy atom. The smallest absolute Gasteiger partial charge is 0.305 e. The van der Waals surface area contributed by atoms with Crippen LogP contribution in [-0.2, 0) is 9.53 Å². The van der Waals surface area contributed by atoms with Crippen LogP contribution in [0.3, 0.4) is 0 Å². The van der Waals surface area contributed by atoms with Gasteiger partial charge in [0.1, 0.15) is 13.1 Å². The molecule has 2 aliphatic rings. The van der Waals surface area contributed by atoms with Crippen LogP contribution < -0.4 is 0 Å². The molecule has 0 radical (unpaired) electrons. The van der Waals surface area contributed by atoms with E-state index in [0.29, 0.717) is 23.7 Å². The van der Waals surface area contributed by atoms with Crippen LogP contribution >= 0.6 is 0 Å². The molecule has 0 aromatic heterocycles. The van der Waals surface area contributed by atoms with E-state index in [9.17, 15) is 4.79 Å². The summed E-state index contributed by atoms with van der Waals surface area (Å²) in [7, 11) is 1.51. The first-order valence-electron chi connectivity index (χ1n) is 11.7. The quantitative estimate of drug-likeness (QED) is 0.265. The van der Waals surface area contributed by atoms with Crippen molar-refractivity contribution in [3.05, 3.63) is 0 Å². The van der Waals surface area contributed by atoms with Gasteiger partial charge >= 0.3 is 5.97 Å². The maximum atomic E-state index is 11.8. The fourth-order valence-electron chi connectivity index (χ4n) is 5.32. The number of carbonyl (C=O) groups is 1. The minimum atomic E-state index is -0.0539. The number of hydrogen-bond donors (Lipinski definition) is 0. The third-order valence-corrected chi connectivity index (χ3v) is 7.13. The lowest BCUT2D eigenvalue weighted by molar-refractivity contribution is -0.516. The molecular weight excluding hydrogens is 334 g/mol. The Morgan fingerprint density at radius 2 is 1.96 bits per heavy atom. The first-order chi connectivity index (χ1) is 13.0. The molecule has 2 fully saturated rings. The van der Waals surface area contributed by atoms with Crippen molar-refractivity contribution in [2.75, 3.05) is 20.2 Å². The number of ether oxygens (including phenoxy) is 1. The number of rotatable bonds is 10. The Labute approximate surface area is 168 Å². The normalized spacial score (nSPS) is 29.7. The Balaban J connectivity index is 1.92. The number of methoxy groups -OCH3 is 1. The average molecular weight is 379 g/mol. The minimum Gasteiger partial charge on any atom is -0.469 e. The van der Waals surface area contributed by atoms with Crippen molar-refractivity contribution in [3.8, 4) is 0 Å². The second-order valence-corrected chi connectivity index (χ2v) is 9.60. The van der Waals surface area contributed by atoms with Gasteiger partial charge in [0, 0.05) is 30.6 Å². The number of hydrogen-bond acceptors (Lipinski definition) is 2. The monoisotopic (exact) mass is 378 g/mol. The van der Waals surface area contributed by atoms with Crippen LogP contribution in [0.4, 0.5) is 0 Å². The molecule has 3 heteroatoms. The van der Waals surface area contributed by atoms with Gasteiger partial charge in [-0.25, -0.2) is 4.58 Å². The first kappa shape index (κ1) is 22.4. The molecule has 0 N–H and O–H groups in total. The molecule has 1 heterocycles. The Kier molecular flexibility index (Phi) is 9.32. The lowest BCUT2D eigenvalue weighted by atomic mass is 9.77. The van der Waals surface area contributed by atoms with E-state index in [1.54, 1.807) is 5.71 Å². The van der Waals surface area contributed by atoms with Gasteiger partial charge in [0.05, 0.1) is 7.11 Å². The van der Waals surface area contributed by atoms with Crippen molar-refractivity contribution in [3.63, 3.8) is 0 Å². The Bertz CT molecular complexity index is 499. The molecular formula is C24H44NO2+. The number of esters is 1. The van der Waals surface area contributed by atoms with Gasteiger partial charge in [-0.2, -0.15) is 0 Å². The van der Waals surface area contributed by atoms with Crippen LogP contribution in [0.1, 0.15) is 104 Å². The van der Waals surface area contributed by atoms with E-state index in [0.717, 1.165) is 0 Å². The van der Waals surface area contributed by atoms with Gasteiger partial charge in [-0.05, 0) is 25.2 Å². The first-order valence-corrected chi connectivity index (χ1v) is 11.7. The summed E-state index contributed by atoms with van der Waals surface area (Å²) in [6.45, 7) is 9.51. The number of carbonyl (C=O) groups excluding carboxylic acids is 1. The highest BCUT2D eigenvalue weighted by Gasteiger charge is 2.41. The van der Waals surface area contributed by atoms with Crippen molar-refractivity contribution < 1.29 is 14.1 Å². The summed E-state index contributed by atoms with van der Waals surface area (Å²) in [5, 5.41) is 0. The van der Waals surface area contributed by atoms with Crippen LogP contribution in [0.5, 0.6) is 0 Å². The summed E-state index contributed by atoms with van der Waals surface area (Å²) in [5.41, 5.74) is 2.15. The van der Waals surface area contributed by atoms with E-state index >= 15 is 0 Å². The summed E-state index contributed by atoms with van der Waals surface area (Å²) < 4.78 is 7.64. The molecule has 0 bridgehead atoms. The van der Waals surface area contributed by atoms with Gasteiger partial charge in [0.15, 0.2) is 5.71 Å². The summed E-state index contributed by atoms with van der Waals surface area (Å²) in [6, 6.07) is 0. The Hall–Kier alpha value is -0.860. The van der Waals surface area contributed by atoms with Crippen LogP contribution in [0.2, 0.25) is 0 Å². The van der Waals surface area contributed by atoms with Crippen LogP contribution in [0.25, 0.3) is 0 Å². The van der Waals surface area contributed by atoms with Crippen molar-refractivity contribution in [1.82, 2.24) is 0 Å². The molecule has 3 nitrogen and oxygen atoms in total. The molecule has 0 aromatic rings. The SMILES string of the molecule is CCCCCCCCC1(C)CC/[N+](=C2/CCCCC2C(C)CC(=O)OC)C1. The molecule has 1 saturated heterocycles. The molecule has 1 saturated carbocycles. The fraction of sp³-hybridized carbons (Fsp3) is 0.917. The number of nitrogens with zero attached hydrogens (tertiary/aromatic N) is 1. The van der Waals surface area contributed by atoms with Gasteiger partial charge in [-0.15, -0.1) is 0 Å². The highest BCUT2D eigenvalue weighted by atomic mass is 16.5. The minimum absolute atomic E-state index is 0.0539. The highest BCUT2D eigenvalue weighted by molar-refractivity contribution is 5.84. The second kappa shape index (κ2) is 11.2. The van der Waals surface area contributed by atoms with Gasteiger partial charge in [-0.1, -0.05) is 65.7 Å². The molecule has 3 unspecified atom stereocenters. The summed E-state index contributed by atoms with van der Waals surface area (Å²) in [5.74, 6) is 0.925. The molecule has 2 rings (SSSR count). The topological polar surface area (TPSA) is 29.3 Å². The molecule has 1 aliphatic heterocycles. The number of unbranched alkanes of at least 4 members (excludes halogenated alkanes) is 5. The standard InChI is InChI=1S/C24H44NO2/c1-5-6-7-8-9-12-15-24(3)16-17-25(19-24)22-14-11-10-13-21(22)20(2)18-23(26)27-4/h20-21H,5-19H2,1-4H3/q+1/b25-22+. The fourth-order valence-corrected chi connectivity index (χ4v) is 5.32. The van der Waals surface area contributed by atoms with Crippen LogP contribution in [-0.4, -0.2) is 36.5 Å². The zero-order valence-corrected chi connectivity index (χ0v) is 18.5. The second-order valence-electron chi connectivity index (χ2n) is 9.60. The largest absolute Gasteiger partial charge is 0.469 e. The van der Waals surface area contributed by atoms with E-state index in [1.165, 1.54) is 97.2 Å². The van der Waals surface area contributed by atoms with E-state index in [4.69, 9.17) is 4.74 Å². The Morgan fingerprint density at radius 1 is 1.22 bits per heavy atom. The van der Waals surface area contributed by atoms with E-state index in [2.05, 4.69) is 25.3 Å². The molecule has 3 atom stereocenters. The summed E-state index contributed by atoms with van der Waals surface area (Å²) >= 11 is 0. The van der Waals surface area contributed by atoms with Gasteiger partial charge in [-0.3, -0.25) is 4.79 Å². The predicted molar refractivity (Wildman–Crippen MR) is 113 cm³/mol. The molecule has 27 heavy (non-hydrogen) atoms. The van der Waals surface area contributed by atoms with Crippen LogP contribution in [0, 0.1) is 17.3 Å². The third kappa shape index (κ3) is 6.91. The molecule has 156 valence electrons.